The van der Waals surface area contributed by atoms with Gasteiger partial charge in [-0.3, -0.25) is 4.79 Å². The monoisotopic (exact) mass is 383 g/mol. The van der Waals surface area contributed by atoms with Gasteiger partial charge >= 0.3 is 5.97 Å². The van der Waals surface area contributed by atoms with E-state index in [4.69, 9.17) is 9.47 Å². The predicted molar refractivity (Wildman–Crippen MR) is 90.6 cm³/mol. The van der Waals surface area contributed by atoms with Crippen LogP contribution in [0.25, 0.3) is 0 Å². The van der Waals surface area contributed by atoms with E-state index < -0.39 is 5.97 Å². The van der Waals surface area contributed by atoms with Crippen molar-refractivity contribution in [3.05, 3.63) is 28.2 Å². The van der Waals surface area contributed by atoms with Crippen LogP contribution in [0.1, 0.15) is 43.5 Å². The molecule has 0 spiro atoms. The van der Waals surface area contributed by atoms with Crippen LogP contribution in [0, 0.1) is 0 Å². The molecule has 1 saturated heterocycles. The van der Waals surface area contributed by atoms with Crippen LogP contribution >= 0.6 is 15.9 Å². The second-order valence-electron chi connectivity index (χ2n) is 5.85. The Morgan fingerprint density at radius 2 is 1.91 bits per heavy atom. The number of benzene rings is 1. The smallest absolute Gasteiger partial charge is 0.339 e. The maximum atomic E-state index is 12.4. The van der Waals surface area contributed by atoms with E-state index in [0.29, 0.717) is 15.8 Å². The number of nitrogens with zero attached hydrogens (tertiary/aromatic N) is 1. The van der Waals surface area contributed by atoms with Gasteiger partial charge in [-0.25, -0.2) is 4.79 Å². The molecule has 5 nitrogen and oxygen atoms in total. The summed E-state index contributed by atoms with van der Waals surface area (Å²) in [5.41, 5.74) is 0.344. The van der Waals surface area contributed by atoms with Gasteiger partial charge in [0.15, 0.2) is 6.61 Å². The summed E-state index contributed by atoms with van der Waals surface area (Å²) < 4.78 is 10.9. The summed E-state index contributed by atoms with van der Waals surface area (Å²) in [5, 5.41) is 0. The Labute approximate surface area is 145 Å². The number of carbonyl (C=O) groups excluding carboxylic acids is 2. The molecule has 1 aliphatic heterocycles. The first-order valence-corrected chi connectivity index (χ1v) is 8.55. The number of amides is 1. The standard InChI is InChI=1S/C17H22BrNO4/c1-11-5-4-6-12(2)19(11)16(20)10-23-17(21)14-9-13(22-3)7-8-15(14)18/h7-9,11-12H,4-6,10H2,1-3H3/t11-,12+. The van der Waals surface area contributed by atoms with Crippen molar-refractivity contribution in [2.45, 2.75) is 45.2 Å². The number of piperidine rings is 1. The van der Waals surface area contributed by atoms with Crippen LogP contribution in [0.3, 0.4) is 0 Å². The molecule has 1 amide bonds. The van der Waals surface area contributed by atoms with Crippen molar-refractivity contribution >= 4 is 27.8 Å². The van der Waals surface area contributed by atoms with Crippen molar-refractivity contribution in [3.8, 4) is 5.75 Å². The van der Waals surface area contributed by atoms with E-state index in [9.17, 15) is 9.59 Å². The van der Waals surface area contributed by atoms with Gasteiger partial charge in [0.05, 0.1) is 12.7 Å². The summed E-state index contributed by atoms with van der Waals surface area (Å²) in [7, 11) is 1.53. The van der Waals surface area contributed by atoms with Gasteiger partial charge in [0.2, 0.25) is 0 Å². The van der Waals surface area contributed by atoms with E-state index in [1.807, 2.05) is 18.7 Å². The molecular weight excluding hydrogens is 362 g/mol. The minimum Gasteiger partial charge on any atom is -0.497 e. The zero-order chi connectivity index (χ0) is 17.0. The highest BCUT2D eigenvalue weighted by molar-refractivity contribution is 9.10. The zero-order valence-electron chi connectivity index (χ0n) is 13.7. The number of halogens is 1. The molecule has 1 aromatic rings. The molecule has 1 aliphatic rings. The van der Waals surface area contributed by atoms with Crippen molar-refractivity contribution in [2.24, 2.45) is 0 Å². The van der Waals surface area contributed by atoms with Crippen molar-refractivity contribution in [3.63, 3.8) is 0 Å². The Bertz CT molecular complexity index is 580. The Hall–Kier alpha value is -1.56. The molecule has 23 heavy (non-hydrogen) atoms. The number of likely N-dealkylation sites (tertiary alicyclic amines) is 1. The van der Waals surface area contributed by atoms with E-state index in [0.717, 1.165) is 19.3 Å². The molecule has 6 heteroatoms. The second kappa shape index (κ2) is 7.81. The van der Waals surface area contributed by atoms with Crippen LogP contribution in [0.5, 0.6) is 5.75 Å². The van der Waals surface area contributed by atoms with Crippen molar-refractivity contribution in [1.82, 2.24) is 4.90 Å². The van der Waals surface area contributed by atoms with E-state index in [1.54, 1.807) is 18.2 Å². The number of carbonyl (C=O) groups is 2. The van der Waals surface area contributed by atoms with E-state index in [2.05, 4.69) is 15.9 Å². The normalized spacial score (nSPS) is 21.0. The number of esters is 1. The molecule has 0 unspecified atom stereocenters. The van der Waals surface area contributed by atoms with E-state index in [1.165, 1.54) is 7.11 Å². The number of rotatable bonds is 4. The third-order valence-corrected chi connectivity index (χ3v) is 4.89. The minimum absolute atomic E-state index is 0.142. The molecule has 0 bridgehead atoms. The van der Waals surface area contributed by atoms with Crippen LogP contribution in [0.2, 0.25) is 0 Å². The predicted octanol–water partition coefficient (Wildman–Crippen LogP) is 3.40. The highest BCUT2D eigenvalue weighted by Gasteiger charge is 2.29. The van der Waals surface area contributed by atoms with Crippen LogP contribution in [-0.2, 0) is 9.53 Å². The van der Waals surface area contributed by atoms with Crippen molar-refractivity contribution in [2.75, 3.05) is 13.7 Å². The molecular formula is C17H22BrNO4. The molecule has 2 atom stereocenters. The Balaban J connectivity index is 2.00. The number of ether oxygens (including phenoxy) is 2. The van der Waals surface area contributed by atoms with Gasteiger partial charge in [-0.1, -0.05) is 0 Å². The van der Waals surface area contributed by atoms with E-state index in [-0.39, 0.29) is 24.6 Å². The van der Waals surface area contributed by atoms with Gasteiger partial charge in [0.1, 0.15) is 5.75 Å². The molecule has 1 fully saturated rings. The molecule has 0 aromatic heterocycles. The summed E-state index contributed by atoms with van der Waals surface area (Å²) in [6.45, 7) is 3.83. The topological polar surface area (TPSA) is 55.8 Å². The minimum atomic E-state index is -0.540. The fourth-order valence-corrected chi connectivity index (χ4v) is 3.39. The lowest BCUT2D eigenvalue weighted by molar-refractivity contribution is -0.140. The van der Waals surface area contributed by atoms with Gasteiger partial charge in [0.25, 0.3) is 5.91 Å². The SMILES string of the molecule is COc1ccc(Br)c(C(=O)OCC(=O)N2[C@H](C)CCC[C@@H]2C)c1. The van der Waals surface area contributed by atoms with Gasteiger partial charge in [-0.05, 0) is 67.2 Å². The summed E-state index contributed by atoms with van der Waals surface area (Å²) in [6, 6.07) is 5.42. The fourth-order valence-electron chi connectivity index (χ4n) is 2.98. The first kappa shape index (κ1) is 17.8. The highest BCUT2D eigenvalue weighted by atomic mass is 79.9. The van der Waals surface area contributed by atoms with Gasteiger partial charge in [-0.15, -0.1) is 0 Å². The number of hydrogen-bond acceptors (Lipinski definition) is 4. The lowest BCUT2D eigenvalue weighted by Crippen LogP contribution is -2.49. The van der Waals surface area contributed by atoms with Crippen molar-refractivity contribution < 1.29 is 19.1 Å². The Morgan fingerprint density at radius 3 is 2.52 bits per heavy atom. The molecule has 1 heterocycles. The highest BCUT2D eigenvalue weighted by Crippen LogP contribution is 2.24. The Kier molecular flexibility index (Phi) is 6.04. The van der Waals surface area contributed by atoms with Crippen molar-refractivity contribution in [1.29, 1.82) is 0 Å². The molecule has 0 radical (unpaired) electrons. The number of hydrogen-bond donors (Lipinski definition) is 0. The quantitative estimate of drug-likeness (QED) is 0.747. The average Bonchev–Trinajstić information content (AvgIpc) is 2.53. The first-order valence-electron chi connectivity index (χ1n) is 7.76. The molecule has 2 rings (SSSR count). The van der Waals surface area contributed by atoms with Gasteiger partial charge in [0, 0.05) is 16.6 Å². The van der Waals surface area contributed by atoms with Crippen LogP contribution in [0.4, 0.5) is 0 Å². The second-order valence-corrected chi connectivity index (χ2v) is 6.71. The molecule has 0 N–H and O–H groups in total. The average molecular weight is 384 g/mol. The number of methoxy groups -OCH3 is 1. The molecule has 0 saturated carbocycles. The van der Waals surface area contributed by atoms with Crippen LogP contribution < -0.4 is 4.74 Å². The molecule has 126 valence electrons. The third-order valence-electron chi connectivity index (χ3n) is 4.20. The van der Waals surface area contributed by atoms with Gasteiger partial charge < -0.3 is 14.4 Å². The maximum absolute atomic E-state index is 12.4. The molecule has 1 aromatic carbocycles. The summed E-state index contributed by atoms with van der Waals surface area (Å²) >= 11 is 3.31. The van der Waals surface area contributed by atoms with Gasteiger partial charge in [-0.2, -0.15) is 0 Å². The van der Waals surface area contributed by atoms with E-state index >= 15 is 0 Å². The lowest BCUT2D eigenvalue weighted by Gasteiger charge is -2.38. The largest absolute Gasteiger partial charge is 0.497 e. The Morgan fingerprint density at radius 1 is 1.26 bits per heavy atom. The summed E-state index contributed by atoms with van der Waals surface area (Å²) in [6.07, 6.45) is 3.11. The summed E-state index contributed by atoms with van der Waals surface area (Å²) in [4.78, 5) is 26.4. The first-order chi connectivity index (χ1) is 10.9. The fraction of sp³-hybridized carbons (Fsp3) is 0.529. The van der Waals surface area contributed by atoms with Crippen LogP contribution in [-0.4, -0.2) is 42.6 Å². The van der Waals surface area contributed by atoms with Crippen LogP contribution in [0.15, 0.2) is 22.7 Å². The summed E-state index contributed by atoms with van der Waals surface area (Å²) in [5.74, 6) is -0.122. The molecule has 0 aliphatic carbocycles. The lowest BCUT2D eigenvalue weighted by atomic mass is 9.97. The zero-order valence-corrected chi connectivity index (χ0v) is 15.3. The third kappa shape index (κ3) is 4.25. The maximum Gasteiger partial charge on any atom is 0.339 e.